The summed E-state index contributed by atoms with van der Waals surface area (Å²) in [6, 6.07) is 0.236. The van der Waals surface area contributed by atoms with Crippen LogP contribution in [0.4, 0.5) is 0 Å². The van der Waals surface area contributed by atoms with Crippen LogP contribution >= 0.6 is 0 Å². The molecule has 1 atom stereocenters. The molecule has 4 heteroatoms. The maximum Gasteiger partial charge on any atom is 0.0644 e. The van der Waals surface area contributed by atoms with E-state index in [2.05, 4.69) is 31.3 Å². The molecule has 0 fully saturated rings. The van der Waals surface area contributed by atoms with E-state index in [0.717, 1.165) is 12.1 Å². The van der Waals surface area contributed by atoms with Crippen molar-refractivity contribution in [1.82, 2.24) is 15.2 Å². The van der Waals surface area contributed by atoms with Crippen molar-refractivity contribution in [3.05, 3.63) is 17.0 Å². The van der Waals surface area contributed by atoms with Crippen LogP contribution in [0.3, 0.4) is 0 Å². The summed E-state index contributed by atoms with van der Waals surface area (Å²) in [5, 5.41) is 4.48. The largest absolute Gasteiger partial charge is 0.272 e. The first-order valence-corrected chi connectivity index (χ1v) is 8.08. The topological polar surface area (TPSA) is 55.9 Å². The van der Waals surface area contributed by atoms with Crippen LogP contribution in [0.25, 0.3) is 0 Å². The summed E-state index contributed by atoms with van der Waals surface area (Å²) in [6.45, 7) is 6.44. The molecule has 1 heterocycles. The lowest BCUT2D eigenvalue weighted by molar-refractivity contribution is 0.472. The van der Waals surface area contributed by atoms with Gasteiger partial charge in [-0.1, -0.05) is 51.9 Å². The van der Waals surface area contributed by atoms with E-state index in [-0.39, 0.29) is 6.04 Å². The van der Waals surface area contributed by atoms with Crippen molar-refractivity contribution in [1.29, 1.82) is 0 Å². The van der Waals surface area contributed by atoms with E-state index in [4.69, 9.17) is 5.84 Å². The number of nitrogens with zero attached hydrogens (tertiary/aromatic N) is 2. The number of hydrogen-bond acceptors (Lipinski definition) is 3. The SMILES string of the molecule is CCCCCCCCCC(NN)c1c(C)nn(C)c1C. The van der Waals surface area contributed by atoms with E-state index in [9.17, 15) is 0 Å². The molecule has 116 valence electrons. The lowest BCUT2D eigenvalue weighted by atomic mass is 9.98. The standard InChI is InChI=1S/C16H32N4/c1-5-6-7-8-9-10-11-12-15(18-17)16-13(2)19-20(4)14(16)3/h15,18H,5-12,17H2,1-4H3. The number of unbranched alkanes of at least 4 members (excludes halogenated alkanes) is 6. The Labute approximate surface area is 124 Å². The minimum absolute atomic E-state index is 0.236. The summed E-state index contributed by atoms with van der Waals surface area (Å²) in [5.41, 5.74) is 6.56. The zero-order valence-corrected chi connectivity index (χ0v) is 13.7. The zero-order valence-electron chi connectivity index (χ0n) is 13.7. The molecular weight excluding hydrogens is 248 g/mol. The monoisotopic (exact) mass is 280 g/mol. The van der Waals surface area contributed by atoms with Crippen molar-refractivity contribution in [2.24, 2.45) is 12.9 Å². The van der Waals surface area contributed by atoms with E-state index in [1.165, 1.54) is 56.2 Å². The van der Waals surface area contributed by atoms with Gasteiger partial charge in [-0.25, -0.2) is 0 Å². The second-order valence-corrected chi connectivity index (χ2v) is 5.84. The number of hydrazine groups is 1. The molecule has 0 aliphatic heterocycles. The van der Waals surface area contributed by atoms with Crippen LogP contribution in [-0.4, -0.2) is 9.78 Å². The Morgan fingerprint density at radius 2 is 1.70 bits per heavy atom. The number of aryl methyl sites for hydroxylation is 2. The summed E-state index contributed by atoms with van der Waals surface area (Å²) < 4.78 is 1.94. The van der Waals surface area contributed by atoms with Gasteiger partial charge >= 0.3 is 0 Å². The van der Waals surface area contributed by atoms with E-state index in [0.29, 0.717) is 0 Å². The van der Waals surface area contributed by atoms with Crippen molar-refractivity contribution in [2.75, 3.05) is 0 Å². The van der Waals surface area contributed by atoms with E-state index in [1.54, 1.807) is 0 Å². The van der Waals surface area contributed by atoms with Crippen molar-refractivity contribution in [3.63, 3.8) is 0 Å². The molecule has 1 rings (SSSR count). The molecule has 0 aliphatic rings. The summed E-state index contributed by atoms with van der Waals surface area (Å²) in [7, 11) is 1.99. The molecular formula is C16H32N4. The minimum Gasteiger partial charge on any atom is -0.272 e. The Kier molecular flexibility index (Phi) is 7.85. The fourth-order valence-electron chi connectivity index (χ4n) is 2.91. The van der Waals surface area contributed by atoms with E-state index < -0.39 is 0 Å². The van der Waals surface area contributed by atoms with Gasteiger partial charge in [0, 0.05) is 24.3 Å². The molecule has 4 nitrogen and oxygen atoms in total. The van der Waals surface area contributed by atoms with Crippen LogP contribution in [0, 0.1) is 13.8 Å². The number of rotatable bonds is 10. The van der Waals surface area contributed by atoms with Crippen molar-refractivity contribution in [3.8, 4) is 0 Å². The van der Waals surface area contributed by atoms with Crippen molar-refractivity contribution in [2.45, 2.75) is 78.2 Å². The second kappa shape index (κ2) is 9.14. The Balaban J connectivity index is 2.36. The second-order valence-electron chi connectivity index (χ2n) is 5.84. The van der Waals surface area contributed by atoms with E-state index in [1.807, 2.05) is 11.7 Å². The molecule has 0 saturated carbocycles. The van der Waals surface area contributed by atoms with Gasteiger partial charge in [0.25, 0.3) is 0 Å². The molecule has 3 N–H and O–H groups in total. The fourth-order valence-corrected chi connectivity index (χ4v) is 2.91. The predicted octanol–water partition coefficient (Wildman–Crippen LogP) is 3.68. The molecule has 0 amide bonds. The van der Waals surface area contributed by atoms with Crippen LogP contribution < -0.4 is 11.3 Å². The van der Waals surface area contributed by atoms with Crippen LogP contribution in [0.5, 0.6) is 0 Å². The van der Waals surface area contributed by atoms with E-state index >= 15 is 0 Å². The van der Waals surface area contributed by atoms with Gasteiger partial charge in [-0.15, -0.1) is 0 Å². The Morgan fingerprint density at radius 1 is 1.10 bits per heavy atom. The van der Waals surface area contributed by atoms with Gasteiger partial charge in [-0.3, -0.25) is 16.0 Å². The highest BCUT2D eigenvalue weighted by Gasteiger charge is 2.18. The lowest BCUT2D eigenvalue weighted by Crippen LogP contribution is -2.28. The molecule has 0 bridgehead atoms. The highest BCUT2D eigenvalue weighted by molar-refractivity contribution is 5.27. The summed E-state index contributed by atoms with van der Waals surface area (Å²) in [6.07, 6.45) is 10.4. The number of hydrogen-bond donors (Lipinski definition) is 2. The van der Waals surface area contributed by atoms with Crippen LogP contribution in [0.2, 0.25) is 0 Å². The quantitative estimate of drug-likeness (QED) is 0.390. The van der Waals surface area contributed by atoms with Gasteiger partial charge in [-0.2, -0.15) is 5.10 Å². The Bertz CT molecular complexity index is 384. The van der Waals surface area contributed by atoms with Gasteiger partial charge in [-0.05, 0) is 20.3 Å². The molecule has 20 heavy (non-hydrogen) atoms. The van der Waals surface area contributed by atoms with Crippen LogP contribution in [0.15, 0.2) is 0 Å². The molecule has 0 aromatic carbocycles. The Morgan fingerprint density at radius 3 is 2.20 bits per heavy atom. The van der Waals surface area contributed by atoms with Gasteiger partial charge in [0.1, 0.15) is 0 Å². The maximum absolute atomic E-state index is 5.75. The molecule has 0 spiro atoms. The third-order valence-corrected chi connectivity index (χ3v) is 4.21. The molecule has 1 aromatic rings. The number of nitrogens with two attached hydrogens (primary N) is 1. The normalized spacial score (nSPS) is 12.8. The fraction of sp³-hybridized carbons (Fsp3) is 0.812. The highest BCUT2D eigenvalue weighted by atomic mass is 15.3. The average Bonchev–Trinajstić information content (AvgIpc) is 2.68. The molecule has 1 unspecified atom stereocenters. The van der Waals surface area contributed by atoms with Gasteiger partial charge < -0.3 is 0 Å². The summed E-state index contributed by atoms with van der Waals surface area (Å²) >= 11 is 0. The highest BCUT2D eigenvalue weighted by Crippen LogP contribution is 2.25. The Hall–Kier alpha value is -0.870. The van der Waals surface area contributed by atoms with Crippen molar-refractivity contribution >= 4 is 0 Å². The minimum atomic E-state index is 0.236. The van der Waals surface area contributed by atoms with Gasteiger partial charge in [0.05, 0.1) is 5.69 Å². The van der Waals surface area contributed by atoms with Gasteiger partial charge in [0.15, 0.2) is 0 Å². The smallest absolute Gasteiger partial charge is 0.0644 e. The lowest BCUT2D eigenvalue weighted by Gasteiger charge is -2.16. The van der Waals surface area contributed by atoms with Gasteiger partial charge in [0.2, 0.25) is 0 Å². The first-order chi connectivity index (χ1) is 9.61. The maximum atomic E-state index is 5.75. The third-order valence-electron chi connectivity index (χ3n) is 4.21. The molecule has 1 aromatic heterocycles. The number of aromatic nitrogens is 2. The van der Waals surface area contributed by atoms with Crippen LogP contribution in [-0.2, 0) is 7.05 Å². The molecule has 0 radical (unpaired) electrons. The molecule has 0 aliphatic carbocycles. The molecule has 0 saturated heterocycles. The third kappa shape index (κ3) is 4.91. The number of nitrogens with one attached hydrogen (secondary N) is 1. The summed E-state index contributed by atoms with van der Waals surface area (Å²) in [5.74, 6) is 5.75. The predicted molar refractivity (Wildman–Crippen MR) is 85.4 cm³/mol. The zero-order chi connectivity index (χ0) is 15.0. The van der Waals surface area contributed by atoms with Crippen molar-refractivity contribution < 1.29 is 0 Å². The van der Waals surface area contributed by atoms with Crippen LogP contribution in [0.1, 0.15) is 81.3 Å². The first kappa shape index (κ1) is 17.2. The average molecular weight is 280 g/mol. The summed E-state index contributed by atoms with van der Waals surface area (Å²) in [4.78, 5) is 0. The first-order valence-electron chi connectivity index (χ1n) is 8.08.